The maximum Gasteiger partial charge on any atom is 0.154 e. The number of halogens is 2. The van der Waals surface area contributed by atoms with Crippen LogP contribution in [0.2, 0.25) is 0 Å². The fourth-order valence-corrected chi connectivity index (χ4v) is 2.52. The van der Waals surface area contributed by atoms with Gasteiger partial charge in [-0.25, -0.2) is 13.8 Å². The number of rotatable bonds is 4. The van der Waals surface area contributed by atoms with Crippen molar-refractivity contribution in [1.29, 1.82) is 0 Å². The third-order valence-electron chi connectivity index (χ3n) is 3.80. The SMILES string of the molecule is Cc1nc2c(F)cccc2cc1Oc1ccccc1C(F)C(C)O. The first-order valence-corrected chi connectivity index (χ1v) is 7.62. The molecule has 0 bridgehead atoms. The van der Waals surface area contributed by atoms with Crippen molar-refractivity contribution >= 4 is 10.9 Å². The summed E-state index contributed by atoms with van der Waals surface area (Å²) in [6.07, 6.45) is -2.72. The van der Waals surface area contributed by atoms with Crippen molar-refractivity contribution in [3.05, 3.63) is 65.6 Å². The molecular weight excluding hydrogens is 312 g/mol. The predicted molar refractivity (Wildman–Crippen MR) is 88.5 cm³/mol. The van der Waals surface area contributed by atoms with E-state index in [0.717, 1.165) is 0 Å². The van der Waals surface area contributed by atoms with Crippen molar-refractivity contribution in [3.8, 4) is 11.5 Å². The summed E-state index contributed by atoms with van der Waals surface area (Å²) in [6.45, 7) is 3.08. The summed E-state index contributed by atoms with van der Waals surface area (Å²) in [7, 11) is 0. The van der Waals surface area contributed by atoms with Gasteiger partial charge in [0.1, 0.15) is 22.8 Å². The molecule has 0 amide bonds. The van der Waals surface area contributed by atoms with Crippen molar-refractivity contribution in [2.45, 2.75) is 26.1 Å². The van der Waals surface area contributed by atoms with Crippen LogP contribution in [-0.2, 0) is 0 Å². The maximum absolute atomic E-state index is 14.2. The van der Waals surface area contributed by atoms with Gasteiger partial charge < -0.3 is 9.84 Å². The van der Waals surface area contributed by atoms with Gasteiger partial charge in [-0.1, -0.05) is 30.3 Å². The molecule has 1 aromatic heterocycles. The van der Waals surface area contributed by atoms with Gasteiger partial charge in [-0.05, 0) is 32.0 Å². The molecular formula is C19H17F2NO2. The molecule has 0 spiro atoms. The molecule has 24 heavy (non-hydrogen) atoms. The minimum Gasteiger partial charge on any atom is -0.455 e. The van der Waals surface area contributed by atoms with E-state index in [-0.39, 0.29) is 11.1 Å². The monoisotopic (exact) mass is 329 g/mol. The average molecular weight is 329 g/mol. The first-order chi connectivity index (χ1) is 11.5. The quantitative estimate of drug-likeness (QED) is 0.743. The van der Waals surface area contributed by atoms with E-state index in [0.29, 0.717) is 22.6 Å². The van der Waals surface area contributed by atoms with E-state index in [9.17, 15) is 13.9 Å². The number of benzene rings is 2. The first kappa shape index (κ1) is 16.3. The highest BCUT2D eigenvalue weighted by Crippen LogP contribution is 2.35. The highest BCUT2D eigenvalue weighted by atomic mass is 19.1. The second-order valence-electron chi connectivity index (χ2n) is 5.67. The molecule has 5 heteroatoms. The fourth-order valence-electron chi connectivity index (χ4n) is 2.52. The number of aliphatic hydroxyl groups is 1. The molecule has 0 aliphatic carbocycles. The molecule has 2 atom stereocenters. The second-order valence-corrected chi connectivity index (χ2v) is 5.67. The number of alkyl halides is 1. The van der Waals surface area contributed by atoms with E-state index in [1.165, 1.54) is 13.0 Å². The second kappa shape index (κ2) is 6.53. The standard InChI is InChI=1S/C19H17F2NO2/c1-11-17(10-13-6-5-8-15(20)19(13)22-11)24-16-9-4-3-7-14(16)18(21)12(2)23/h3-10,12,18,23H,1-2H3. The number of ether oxygens (including phenoxy) is 1. The van der Waals surface area contributed by atoms with Crippen LogP contribution >= 0.6 is 0 Å². The minimum absolute atomic E-state index is 0.256. The van der Waals surface area contributed by atoms with Crippen LogP contribution in [0.15, 0.2) is 48.5 Å². The summed E-state index contributed by atoms with van der Waals surface area (Å²) < 4.78 is 33.9. The number of fused-ring (bicyclic) bond motifs is 1. The number of para-hydroxylation sites is 2. The van der Waals surface area contributed by atoms with E-state index in [1.807, 2.05) is 0 Å². The van der Waals surface area contributed by atoms with Gasteiger partial charge in [-0.2, -0.15) is 0 Å². The first-order valence-electron chi connectivity index (χ1n) is 7.62. The van der Waals surface area contributed by atoms with Gasteiger partial charge in [-0.3, -0.25) is 0 Å². The lowest BCUT2D eigenvalue weighted by molar-refractivity contribution is 0.0919. The Bertz CT molecular complexity index is 880. The van der Waals surface area contributed by atoms with E-state index >= 15 is 0 Å². The highest BCUT2D eigenvalue weighted by Gasteiger charge is 2.21. The molecule has 0 radical (unpaired) electrons. The number of hydrogen-bond acceptors (Lipinski definition) is 3. The molecule has 2 unspecified atom stereocenters. The van der Waals surface area contributed by atoms with Crippen molar-refractivity contribution < 1.29 is 18.6 Å². The maximum atomic E-state index is 14.2. The molecule has 3 aromatic rings. The lowest BCUT2D eigenvalue weighted by Crippen LogP contribution is -2.10. The average Bonchev–Trinajstić information content (AvgIpc) is 2.56. The zero-order valence-electron chi connectivity index (χ0n) is 13.3. The summed E-state index contributed by atoms with van der Waals surface area (Å²) in [4.78, 5) is 4.24. The number of nitrogens with zero attached hydrogens (tertiary/aromatic N) is 1. The number of pyridine rings is 1. The van der Waals surface area contributed by atoms with Gasteiger partial charge in [0.05, 0.1) is 11.8 Å². The summed E-state index contributed by atoms with van der Waals surface area (Å²) in [5, 5.41) is 10.1. The van der Waals surface area contributed by atoms with Crippen LogP contribution in [0.25, 0.3) is 10.9 Å². The fraction of sp³-hybridized carbons (Fsp3) is 0.211. The van der Waals surface area contributed by atoms with Crippen molar-refractivity contribution in [1.82, 2.24) is 4.98 Å². The van der Waals surface area contributed by atoms with Gasteiger partial charge in [0.25, 0.3) is 0 Å². The van der Waals surface area contributed by atoms with E-state index in [4.69, 9.17) is 4.74 Å². The molecule has 0 saturated carbocycles. The zero-order valence-corrected chi connectivity index (χ0v) is 13.3. The van der Waals surface area contributed by atoms with Gasteiger partial charge >= 0.3 is 0 Å². The van der Waals surface area contributed by atoms with Crippen LogP contribution < -0.4 is 4.74 Å². The molecule has 1 heterocycles. The molecule has 0 saturated heterocycles. The Kier molecular flexibility index (Phi) is 4.44. The van der Waals surface area contributed by atoms with Crippen molar-refractivity contribution in [3.63, 3.8) is 0 Å². The summed E-state index contributed by atoms with van der Waals surface area (Å²) in [6, 6.07) is 12.9. The summed E-state index contributed by atoms with van der Waals surface area (Å²) in [5.74, 6) is 0.311. The number of hydrogen-bond donors (Lipinski definition) is 1. The number of aliphatic hydroxyl groups excluding tert-OH is 1. The van der Waals surface area contributed by atoms with Crippen LogP contribution in [0.3, 0.4) is 0 Å². The smallest absolute Gasteiger partial charge is 0.154 e. The summed E-state index contributed by atoms with van der Waals surface area (Å²) >= 11 is 0. The molecule has 3 nitrogen and oxygen atoms in total. The van der Waals surface area contributed by atoms with E-state index in [1.54, 1.807) is 49.4 Å². The molecule has 2 aromatic carbocycles. The van der Waals surface area contributed by atoms with Crippen molar-refractivity contribution in [2.75, 3.05) is 0 Å². The van der Waals surface area contributed by atoms with Gasteiger partial charge in [0.15, 0.2) is 6.17 Å². The van der Waals surface area contributed by atoms with Crippen LogP contribution in [-0.4, -0.2) is 16.2 Å². The topological polar surface area (TPSA) is 42.4 Å². The molecule has 0 aliphatic rings. The van der Waals surface area contributed by atoms with Crippen molar-refractivity contribution in [2.24, 2.45) is 0 Å². The Labute approximate surface area is 138 Å². The third-order valence-corrected chi connectivity index (χ3v) is 3.80. The molecule has 0 fully saturated rings. The summed E-state index contributed by atoms with van der Waals surface area (Å²) in [5.41, 5.74) is 1.02. The molecule has 1 N–H and O–H groups in total. The number of aromatic nitrogens is 1. The van der Waals surface area contributed by atoms with Crippen LogP contribution in [0.1, 0.15) is 24.4 Å². The van der Waals surface area contributed by atoms with E-state index < -0.39 is 18.1 Å². The molecule has 0 aliphatic heterocycles. The minimum atomic E-state index is -1.56. The highest BCUT2D eigenvalue weighted by molar-refractivity contribution is 5.81. The Morgan fingerprint density at radius 1 is 1.08 bits per heavy atom. The lowest BCUT2D eigenvalue weighted by atomic mass is 10.1. The van der Waals surface area contributed by atoms with Gasteiger partial charge in [0, 0.05) is 10.9 Å². The number of aryl methyl sites for hydroxylation is 1. The largest absolute Gasteiger partial charge is 0.455 e. The third kappa shape index (κ3) is 3.08. The lowest BCUT2D eigenvalue weighted by Gasteiger charge is -2.17. The van der Waals surface area contributed by atoms with Gasteiger partial charge in [-0.15, -0.1) is 0 Å². The Hall–Kier alpha value is -2.53. The van der Waals surface area contributed by atoms with Crippen LogP contribution in [0.5, 0.6) is 11.5 Å². The van der Waals surface area contributed by atoms with Gasteiger partial charge in [0.2, 0.25) is 0 Å². The predicted octanol–water partition coefficient (Wildman–Crippen LogP) is 4.87. The zero-order chi connectivity index (χ0) is 17.3. The Morgan fingerprint density at radius 3 is 2.58 bits per heavy atom. The van der Waals surface area contributed by atoms with Crippen LogP contribution in [0, 0.1) is 12.7 Å². The Balaban J connectivity index is 2.03. The van der Waals surface area contributed by atoms with E-state index in [2.05, 4.69) is 4.98 Å². The normalized spacial score (nSPS) is 13.7. The van der Waals surface area contributed by atoms with Crippen LogP contribution in [0.4, 0.5) is 8.78 Å². The Morgan fingerprint density at radius 2 is 1.83 bits per heavy atom. The molecule has 3 rings (SSSR count). The molecule has 124 valence electrons.